The summed E-state index contributed by atoms with van der Waals surface area (Å²) in [6.07, 6.45) is 3.42. The van der Waals surface area contributed by atoms with Gasteiger partial charge in [-0.25, -0.2) is 4.98 Å². The second kappa shape index (κ2) is 7.05. The highest BCUT2D eigenvalue weighted by atomic mass is 35.5. The van der Waals surface area contributed by atoms with Gasteiger partial charge in [0.05, 0.1) is 45.8 Å². The van der Waals surface area contributed by atoms with Gasteiger partial charge in [-0.2, -0.15) is 0 Å². The Kier molecular flexibility index (Phi) is 5.06. The third-order valence-corrected chi connectivity index (χ3v) is 4.88. The van der Waals surface area contributed by atoms with Crippen LogP contribution in [0.3, 0.4) is 0 Å². The summed E-state index contributed by atoms with van der Waals surface area (Å²) < 4.78 is 1.85. The van der Waals surface area contributed by atoms with E-state index >= 15 is 0 Å². The molecular weight excluding hydrogens is 339 g/mol. The molecule has 124 valence electrons. The van der Waals surface area contributed by atoms with E-state index in [1.54, 1.807) is 18.5 Å². The lowest BCUT2D eigenvalue weighted by Gasteiger charge is -2.29. The van der Waals surface area contributed by atoms with E-state index in [2.05, 4.69) is 15.5 Å². The van der Waals surface area contributed by atoms with E-state index in [1.165, 1.54) is 0 Å². The second-order valence-electron chi connectivity index (χ2n) is 5.77. The number of aromatic nitrogens is 2. The van der Waals surface area contributed by atoms with Crippen LogP contribution < -0.4 is 5.32 Å². The standard InChI is InChI=1S/C15H18Cl2N4O2/c16-10-5-12-14(6-11(10)17)21(8-19-12)7-9(20-23)4-13-15(22)2-1-3-18-13/h5-6,8,13,15,18,22-23H,1-4,7H2/b20-9-/t13-,15+/m1/s1. The Bertz CT molecular complexity index is 732. The topological polar surface area (TPSA) is 82.7 Å². The number of hydrogen-bond acceptors (Lipinski definition) is 5. The zero-order valence-electron chi connectivity index (χ0n) is 12.4. The molecule has 1 aromatic carbocycles. The molecule has 0 unspecified atom stereocenters. The Morgan fingerprint density at radius 3 is 2.91 bits per heavy atom. The zero-order valence-corrected chi connectivity index (χ0v) is 13.9. The van der Waals surface area contributed by atoms with E-state index in [4.69, 9.17) is 23.2 Å². The van der Waals surface area contributed by atoms with Crippen molar-refractivity contribution in [3.05, 3.63) is 28.5 Å². The Hall–Kier alpha value is -1.34. The predicted molar refractivity (Wildman–Crippen MR) is 90.6 cm³/mol. The zero-order chi connectivity index (χ0) is 16.4. The van der Waals surface area contributed by atoms with Gasteiger partial charge in [0.15, 0.2) is 0 Å². The Balaban J connectivity index is 1.78. The van der Waals surface area contributed by atoms with Gasteiger partial charge in [0, 0.05) is 12.5 Å². The van der Waals surface area contributed by atoms with Gasteiger partial charge >= 0.3 is 0 Å². The molecule has 2 heterocycles. The lowest BCUT2D eigenvalue weighted by Crippen LogP contribution is -2.46. The minimum absolute atomic E-state index is 0.0949. The molecule has 0 amide bonds. The average Bonchev–Trinajstić information content (AvgIpc) is 2.91. The van der Waals surface area contributed by atoms with Gasteiger partial charge in [-0.3, -0.25) is 0 Å². The number of nitrogens with one attached hydrogen (secondary N) is 1. The highest BCUT2D eigenvalue weighted by Crippen LogP contribution is 2.27. The number of benzene rings is 1. The van der Waals surface area contributed by atoms with E-state index in [0.29, 0.717) is 28.7 Å². The SMILES string of the molecule is O/N=C(/C[C@H]1NCCC[C@@H]1O)Cn1cnc2cc(Cl)c(Cl)cc21. The van der Waals surface area contributed by atoms with Crippen molar-refractivity contribution in [3.63, 3.8) is 0 Å². The normalized spacial score (nSPS) is 22.7. The van der Waals surface area contributed by atoms with Crippen LogP contribution in [-0.4, -0.2) is 44.3 Å². The molecule has 2 atom stereocenters. The molecule has 2 aromatic rings. The summed E-state index contributed by atoms with van der Waals surface area (Å²) in [5, 5.41) is 26.9. The first kappa shape index (κ1) is 16.5. The van der Waals surface area contributed by atoms with E-state index in [0.717, 1.165) is 30.4 Å². The first-order valence-electron chi connectivity index (χ1n) is 7.49. The lowest BCUT2D eigenvalue weighted by molar-refractivity contribution is 0.0987. The van der Waals surface area contributed by atoms with Crippen LogP contribution in [0.25, 0.3) is 11.0 Å². The summed E-state index contributed by atoms with van der Waals surface area (Å²) in [7, 11) is 0. The molecule has 23 heavy (non-hydrogen) atoms. The fourth-order valence-corrected chi connectivity index (χ4v) is 3.23. The molecule has 1 aromatic heterocycles. The van der Waals surface area contributed by atoms with Crippen LogP contribution in [-0.2, 0) is 6.54 Å². The van der Waals surface area contributed by atoms with Crippen molar-refractivity contribution in [2.45, 2.75) is 38.0 Å². The molecule has 6 nitrogen and oxygen atoms in total. The molecule has 0 bridgehead atoms. The maximum atomic E-state index is 10.0. The largest absolute Gasteiger partial charge is 0.411 e. The van der Waals surface area contributed by atoms with Gasteiger partial charge in [-0.05, 0) is 31.5 Å². The summed E-state index contributed by atoms with van der Waals surface area (Å²) in [5.41, 5.74) is 2.11. The molecule has 0 spiro atoms. The molecule has 0 saturated carbocycles. The predicted octanol–water partition coefficient (Wildman–Crippen LogP) is 2.68. The van der Waals surface area contributed by atoms with Crippen molar-refractivity contribution in [3.8, 4) is 0 Å². The Morgan fingerprint density at radius 2 is 2.17 bits per heavy atom. The molecule has 1 aliphatic rings. The van der Waals surface area contributed by atoms with Gasteiger partial charge in [0.2, 0.25) is 0 Å². The lowest BCUT2D eigenvalue weighted by atomic mass is 9.96. The molecule has 0 aliphatic carbocycles. The minimum atomic E-state index is -0.423. The molecule has 3 rings (SSSR count). The van der Waals surface area contributed by atoms with E-state index in [9.17, 15) is 10.3 Å². The Labute approximate surface area is 143 Å². The van der Waals surface area contributed by atoms with Crippen molar-refractivity contribution in [2.24, 2.45) is 5.16 Å². The summed E-state index contributed by atoms with van der Waals surface area (Å²) in [6.45, 7) is 1.23. The van der Waals surface area contributed by atoms with E-state index < -0.39 is 6.10 Å². The monoisotopic (exact) mass is 356 g/mol. The van der Waals surface area contributed by atoms with Crippen LogP contribution in [0.2, 0.25) is 10.0 Å². The van der Waals surface area contributed by atoms with Gasteiger partial charge in [-0.1, -0.05) is 28.4 Å². The van der Waals surface area contributed by atoms with Crippen LogP contribution >= 0.6 is 23.2 Å². The second-order valence-corrected chi connectivity index (χ2v) is 6.58. The number of nitrogens with zero attached hydrogens (tertiary/aromatic N) is 3. The quantitative estimate of drug-likeness (QED) is 0.446. The maximum Gasteiger partial charge on any atom is 0.0961 e. The highest BCUT2D eigenvalue weighted by Gasteiger charge is 2.24. The number of fused-ring (bicyclic) bond motifs is 1. The van der Waals surface area contributed by atoms with Gasteiger partial charge in [-0.15, -0.1) is 0 Å². The van der Waals surface area contributed by atoms with Gasteiger partial charge in [0.25, 0.3) is 0 Å². The highest BCUT2D eigenvalue weighted by molar-refractivity contribution is 6.42. The van der Waals surface area contributed by atoms with Gasteiger partial charge in [0.1, 0.15) is 0 Å². The molecule has 0 radical (unpaired) electrons. The summed E-state index contributed by atoms with van der Waals surface area (Å²) >= 11 is 12.1. The molecular formula is C15H18Cl2N4O2. The molecule has 1 aliphatic heterocycles. The maximum absolute atomic E-state index is 10.0. The summed E-state index contributed by atoms with van der Waals surface area (Å²) in [6, 6.07) is 3.36. The molecule has 1 saturated heterocycles. The number of imidazole rings is 1. The first-order chi connectivity index (χ1) is 11.1. The van der Waals surface area contributed by atoms with Crippen molar-refractivity contribution >= 4 is 39.9 Å². The van der Waals surface area contributed by atoms with Crippen LogP contribution in [0.5, 0.6) is 0 Å². The van der Waals surface area contributed by atoms with Crippen LogP contribution in [0, 0.1) is 0 Å². The number of aliphatic hydroxyl groups excluding tert-OH is 1. The molecule has 8 heteroatoms. The Morgan fingerprint density at radius 1 is 1.39 bits per heavy atom. The first-order valence-corrected chi connectivity index (χ1v) is 8.25. The average molecular weight is 357 g/mol. The van der Waals surface area contributed by atoms with Crippen molar-refractivity contribution in [1.29, 1.82) is 0 Å². The van der Waals surface area contributed by atoms with Crippen LogP contribution in [0.4, 0.5) is 0 Å². The number of piperidine rings is 1. The van der Waals surface area contributed by atoms with Crippen molar-refractivity contribution in [1.82, 2.24) is 14.9 Å². The number of oxime groups is 1. The van der Waals surface area contributed by atoms with Crippen LogP contribution in [0.1, 0.15) is 19.3 Å². The molecule has 3 N–H and O–H groups in total. The van der Waals surface area contributed by atoms with Gasteiger partial charge < -0.3 is 20.2 Å². The van der Waals surface area contributed by atoms with Crippen molar-refractivity contribution in [2.75, 3.05) is 6.54 Å². The summed E-state index contributed by atoms with van der Waals surface area (Å²) in [5.74, 6) is 0. The minimum Gasteiger partial charge on any atom is -0.411 e. The van der Waals surface area contributed by atoms with Crippen molar-refractivity contribution < 1.29 is 10.3 Å². The van der Waals surface area contributed by atoms with Crippen LogP contribution in [0.15, 0.2) is 23.6 Å². The number of hydrogen-bond donors (Lipinski definition) is 3. The fraction of sp³-hybridized carbons (Fsp3) is 0.467. The third-order valence-electron chi connectivity index (χ3n) is 4.16. The smallest absolute Gasteiger partial charge is 0.0961 e. The number of aliphatic hydroxyl groups is 1. The third kappa shape index (κ3) is 3.61. The molecule has 1 fully saturated rings. The van der Waals surface area contributed by atoms with E-state index in [-0.39, 0.29) is 6.04 Å². The summed E-state index contributed by atoms with van der Waals surface area (Å²) in [4.78, 5) is 4.29. The fourth-order valence-electron chi connectivity index (χ4n) is 2.91. The number of rotatable bonds is 4. The van der Waals surface area contributed by atoms with E-state index in [1.807, 2.05) is 4.57 Å². The number of halogens is 2.